The molecule has 5 heteroatoms. The van der Waals surface area contributed by atoms with E-state index >= 15 is 0 Å². The van der Waals surface area contributed by atoms with Gasteiger partial charge in [0, 0.05) is 17.9 Å². The van der Waals surface area contributed by atoms with Crippen molar-refractivity contribution in [3.8, 4) is 5.75 Å². The predicted octanol–water partition coefficient (Wildman–Crippen LogP) is 1.87. The third-order valence-corrected chi connectivity index (χ3v) is 2.76. The molecule has 16 heavy (non-hydrogen) atoms. The van der Waals surface area contributed by atoms with Crippen molar-refractivity contribution in [2.24, 2.45) is 0 Å². The second-order valence-electron chi connectivity index (χ2n) is 3.06. The Balaban J connectivity index is 2.93. The van der Waals surface area contributed by atoms with Crippen LogP contribution in [0.5, 0.6) is 5.75 Å². The number of aliphatic hydroxyl groups excluding tert-OH is 1. The van der Waals surface area contributed by atoms with Crippen molar-refractivity contribution in [2.75, 3.05) is 19.5 Å². The maximum Gasteiger partial charge on any atom is 0.340 e. The second kappa shape index (κ2) is 6.40. The highest BCUT2D eigenvalue weighted by Gasteiger charge is 2.15. The number of aliphatic hydroxyl groups is 1. The Morgan fingerprint density at radius 3 is 2.81 bits per heavy atom. The predicted molar refractivity (Wildman–Crippen MR) is 62.4 cm³/mol. The smallest absolute Gasteiger partial charge is 0.340 e. The number of hydrogen-bond acceptors (Lipinski definition) is 4. The molecule has 0 aromatic heterocycles. The van der Waals surface area contributed by atoms with Crippen LogP contribution in [0.2, 0.25) is 0 Å². The first-order valence-corrected chi connectivity index (χ1v) is 6.07. The van der Waals surface area contributed by atoms with Crippen LogP contribution in [0, 0.1) is 0 Å². The molecule has 0 unspecified atom stereocenters. The summed E-state index contributed by atoms with van der Waals surface area (Å²) < 4.78 is 5.33. The zero-order valence-electron chi connectivity index (χ0n) is 8.97. The Hall–Kier alpha value is -1.20. The normalized spacial score (nSPS) is 10.1. The molecule has 0 saturated heterocycles. The minimum atomic E-state index is -0.996. The molecule has 0 fully saturated rings. The summed E-state index contributed by atoms with van der Waals surface area (Å²) in [6, 6.07) is 5.13. The number of rotatable bonds is 6. The van der Waals surface area contributed by atoms with Gasteiger partial charge in [0.25, 0.3) is 0 Å². The van der Waals surface area contributed by atoms with Crippen molar-refractivity contribution in [2.45, 2.75) is 11.3 Å². The average molecular weight is 242 g/mol. The van der Waals surface area contributed by atoms with E-state index < -0.39 is 5.97 Å². The molecule has 88 valence electrons. The van der Waals surface area contributed by atoms with E-state index in [9.17, 15) is 4.79 Å². The van der Waals surface area contributed by atoms with Crippen molar-refractivity contribution < 1.29 is 19.7 Å². The number of carboxylic acids is 1. The molecule has 0 saturated carbocycles. The molecule has 0 bridgehead atoms. The quantitative estimate of drug-likeness (QED) is 0.589. The summed E-state index contributed by atoms with van der Waals surface area (Å²) in [4.78, 5) is 11.8. The largest absolute Gasteiger partial charge is 0.493 e. The van der Waals surface area contributed by atoms with Crippen LogP contribution in [0.3, 0.4) is 0 Å². The summed E-state index contributed by atoms with van der Waals surface area (Å²) in [6.45, 7) is 0.346. The Morgan fingerprint density at radius 1 is 1.50 bits per heavy atom. The topological polar surface area (TPSA) is 66.8 Å². The Labute approximate surface area is 98.2 Å². The Morgan fingerprint density at radius 2 is 2.25 bits per heavy atom. The summed E-state index contributed by atoms with van der Waals surface area (Å²) in [5.41, 5.74) is 0.188. The van der Waals surface area contributed by atoms with E-state index in [0.717, 1.165) is 0 Å². The molecule has 0 aliphatic carbocycles. The lowest BCUT2D eigenvalue weighted by Crippen LogP contribution is -2.06. The molecule has 0 aliphatic heterocycles. The van der Waals surface area contributed by atoms with Gasteiger partial charge in [-0.15, -0.1) is 11.8 Å². The maximum absolute atomic E-state index is 11.1. The van der Waals surface area contributed by atoms with E-state index in [-0.39, 0.29) is 12.2 Å². The van der Waals surface area contributed by atoms with Crippen LogP contribution in [0.1, 0.15) is 16.8 Å². The van der Waals surface area contributed by atoms with Crippen LogP contribution in [0.4, 0.5) is 0 Å². The molecule has 0 amide bonds. The van der Waals surface area contributed by atoms with E-state index in [0.29, 0.717) is 23.7 Å². The van der Waals surface area contributed by atoms with Gasteiger partial charge in [-0.1, -0.05) is 6.07 Å². The summed E-state index contributed by atoms with van der Waals surface area (Å²) in [5.74, 6) is -0.642. The molecule has 1 rings (SSSR count). The lowest BCUT2D eigenvalue weighted by atomic mass is 10.2. The van der Waals surface area contributed by atoms with Crippen LogP contribution < -0.4 is 4.74 Å². The van der Waals surface area contributed by atoms with Crippen molar-refractivity contribution in [1.82, 2.24) is 0 Å². The Bertz CT molecular complexity index is 365. The van der Waals surface area contributed by atoms with Crippen LogP contribution in [-0.2, 0) is 0 Å². The molecule has 1 aromatic carbocycles. The molecule has 1 aromatic rings. The van der Waals surface area contributed by atoms with E-state index in [2.05, 4.69) is 0 Å². The van der Waals surface area contributed by atoms with Gasteiger partial charge in [-0.3, -0.25) is 0 Å². The van der Waals surface area contributed by atoms with Gasteiger partial charge >= 0.3 is 5.97 Å². The summed E-state index contributed by atoms with van der Waals surface area (Å²) in [5, 5.41) is 17.7. The third kappa shape index (κ3) is 3.15. The highest BCUT2D eigenvalue weighted by molar-refractivity contribution is 7.98. The van der Waals surface area contributed by atoms with Gasteiger partial charge in [0.2, 0.25) is 0 Å². The first-order chi connectivity index (χ1) is 7.70. The molecule has 4 nitrogen and oxygen atoms in total. The summed E-state index contributed by atoms with van der Waals surface area (Å²) in [6.07, 6.45) is 2.31. The third-order valence-electron chi connectivity index (χ3n) is 1.98. The minimum absolute atomic E-state index is 0.0324. The number of carbonyl (C=O) groups is 1. The number of aromatic carboxylic acids is 1. The number of hydrogen-bond donors (Lipinski definition) is 2. The van der Waals surface area contributed by atoms with Crippen molar-refractivity contribution in [1.29, 1.82) is 0 Å². The number of benzene rings is 1. The number of ether oxygens (including phenoxy) is 1. The van der Waals surface area contributed by atoms with Crippen molar-refractivity contribution >= 4 is 17.7 Å². The monoisotopic (exact) mass is 242 g/mol. The highest BCUT2D eigenvalue weighted by atomic mass is 32.2. The molecule has 0 atom stereocenters. The fourth-order valence-electron chi connectivity index (χ4n) is 1.26. The SMILES string of the molecule is CSc1cccc(OCCCO)c1C(=O)O. The molecule has 0 spiro atoms. The lowest BCUT2D eigenvalue weighted by Gasteiger charge is -2.10. The average Bonchev–Trinajstić information content (AvgIpc) is 2.28. The van der Waals surface area contributed by atoms with Gasteiger partial charge in [-0.25, -0.2) is 4.79 Å². The van der Waals surface area contributed by atoms with E-state index in [4.69, 9.17) is 14.9 Å². The zero-order valence-corrected chi connectivity index (χ0v) is 9.79. The van der Waals surface area contributed by atoms with E-state index in [1.807, 2.05) is 6.26 Å². The van der Waals surface area contributed by atoms with Gasteiger partial charge in [-0.2, -0.15) is 0 Å². The van der Waals surface area contributed by atoms with Crippen LogP contribution in [-0.4, -0.2) is 35.7 Å². The molecular formula is C11H14O4S. The standard InChI is InChI=1S/C11H14O4S/c1-16-9-5-2-4-8(10(9)11(13)14)15-7-3-6-12/h2,4-5,12H,3,6-7H2,1H3,(H,13,14). The summed E-state index contributed by atoms with van der Waals surface area (Å²) in [7, 11) is 0. The van der Waals surface area contributed by atoms with Crippen LogP contribution >= 0.6 is 11.8 Å². The number of carboxylic acid groups (broad SMARTS) is 1. The van der Waals surface area contributed by atoms with Gasteiger partial charge in [-0.05, 0) is 18.4 Å². The fraction of sp³-hybridized carbons (Fsp3) is 0.364. The van der Waals surface area contributed by atoms with Crippen molar-refractivity contribution in [3.05, 3.63) is 23.8 Å². The highest BCUT2D eigenvalue weighted by Crippen LogP contribution is 2.28. The van der Waals surface area contributed by atoms with E-state index in [1.165, 1.54) is 11.8 Å². The molecule has 0 radical (unpaired) electrons. The van der Waals surface area contributed by atoms with E-state index in [1.54, 1.807) is 18.2 Å². The van der Waals surface area contributed by atoms with Gasteiger partial charge in [0.15, 0.2) is 0 Å². The molecule has 2 N–H and O–H groups in total. The van der Waals surface area contributed by atoms with Crippen LogP contribution in [0.15, 0.2) is 23.1 Å². The first kappa shape index (κ1) is 12.9. The lowest BCUT2D eigenvalue weighted by molar-refractivity contribution is 0.0688. The summed E-state index contributed by atoms with van der Waals surface area (Å²) >= 11 is 1.37. The second-order valence-corrected chi connectivity index (χ2v) is 3.91. The van der Waals surface area contributed by atoms with Crippen LogP contribution in [0.25, 0.3) is 0 Å². The fourth-order valence-corrected chi connectivity index (χ4v) is 1.87. The van der Waals surface area contributed by atoms with Gasteiger partial charge in [0.05, 0.1) is 6.61 Å². The minimum Gasteiger partial charge on any atom is -0.493 e. The van der Waals surface area contributed by atoms with Crippen molar-refractivity contribution in [3.63, 3.8) is 0 Å². The van der Waals surface area contributed by atoms with Gasteiger partial charge < -0.3 is 14.9 Å². The molecule has 0 heterocycles. The van der Waals surface area contributed by atoms with Gasteiger partial charge in [0.1, 0.15) is 11.3 Å². The molecule has 0 aliphatic rings. The number of thioether (sulfide) groups is 1. The molecular weight excluding hydrogens is 228 g/mol. The zero-order chi connectivity index (χ0) is 12.0. The maximum atomic E-state index is 11.1. The Kier molecular flexibility index (Phi) is 5.14. The first-order valence-electron chi connectivity index (χ1n) is 4.84.